The van der Waals surface area contributed by atoms with E-state index in [1.165, 1.54) is 0 Å². The van der Waals surface area contributed by atoms with E-state index in [1.807, 2.05) is 19.1 Å². The van der Waals surface area contributed by atoms with Gasteiger partial charge in [-0.05, 0) is 18.6 Å². The number of aromatic hydroxyl groups is 1. The maximum atomic E-state index is 11.0. The van der Waals surface area contributed by atoms with Gasteiger partial charge in [-0.2, -0.15) is 0 Å². The summed E-state index contributed by atoms with van der Waals surface area (Å²) in [6, 6.07) is 5.29. The van der Waals surface area contributed by atoms with Gasteiger partial charge in [0, 0.05) is 12.0 Å². The molecule has 80 valence electrons. The first kappa shape index (κ1) is 9.83. The molecule has 0 unspecified atom stereocenters. The van der Waals surface area contributed by atoms with E-state index < -0.39 is 6.09 Å². The van der Waals surface area contributed by atoms with Crippen LogP contribution in [0.3, 0.4) is 0 Å². The van der Waals surface area contributed by atoms with Crippen LogP contribution in [0, 0.1) is 6.92 Å². The van der Waals surface area contributed by atoms with Gasteiger partial charge in [0.2, 0.25) is 0 Å². The molecule has 0 spiro atoms. The number of carbonyl (C=O) groups is 1. The predicted octanol–water partition coefficient (Wildman–Crippen LogP) is 1.87. The molecule has 1 saturated heterocycles. The van der Waals surface area contributed by atoms with Crippen LogP contribution in [0.4, 0.5) is 4.79 Å². The maximum absolute atomic E-state index is 11.0. The summed E-state index contributed by atoms with van der Waals surface area (Å²) < 4.78 is 4.76. The fourth-order valence-electron chi connectivity index (χ4n) is 1.71. The van der Waals surface area contributed by atoms with Gasteiger partial charge in [0.1, 0.15) is 5.75 Å². The molecular weight excluding hydrogens is 194 g/mol. The maximum Gasteiger partial charge on any atom is 0.407 e. The minimum absolute atomic E-state index is 0.146. The van der Waals surface area contributed by atoms with Crippen molar-refractivity contribution < 1.29 is 14.6 Å². The van der Waals surface area contributed by atoms with Gasteiger partial charge in [-0.1, -0.05) is 12.1 Å². The van der Waals surface area contributed by atoms with Gasteiger partial charge in [0.05, 0.1) is 12.6 Å². The number of carbonyl (C=O) groups excluding carboxylic acids is 1. The highest BCUT2D eigenvalue weighted by Crippen LogP contribution is 2.28. The molecule has 0 aliphatic carbocycles. The zero-order valence-electron chi connectivity index (χ0n) is 8.49. The second kappa shape index (κ2) is 3.81. The van der Waals surface area contributed by atoms with E-state index in [4.69, 9.17) is 4.74 Å². The Balaban J connectivity index is 2.24. The van der Waals surface area contributed by atoms with Crippen molar-refractivity contribution in [2.45, 2.75) is 19.4 Å². The number of aryl methyl sites for hydroxylation is 1. The predicted molar refractivity (Wildman–Crippen MR) is 54.7 cm³/mol. The zero-order valence-corrected chi connectivity index (χ0v) is 8.49. The molecule has 0 radical (unpaired) electrons. The van der Waals surface area contributed by atoms with Crippen molar-refractivity contribution >= 4 is 6.09 Å². The standard InChI is InChI=1S/C11H13NO3/c1-7-2-3-8(10(13)6-7)9-4-5-15-11(14)12-9/h2-3,6,9,13H,4-5H2,1H3,(H,12,14)/t9-/m1/s1. The first-order valence-electron chi connectivity index (χ1n) is 4.89. The molecule has 0 bridgehead atoms. The summed E-state index contributed by atoms with van der Waals surface area (Å²) in [6.45, 7) is 2.30. The second-order valence-electron chi connectivity index (χ2n) is 3.68. The molecule has 1 aliphatic rings. The van der Waals surface area contributed by atoms with Crippen LogP contribution in [-0.4, -0.2) is 17.8 Å². The number of nitrogens with one attached hydrogen (secondary N) is 1. The van der Waals surface area contributed by atoms with E-state index in [0.29, 0.717) is 13.0 Å². The van der Waals surface area contributed by atoms with Crippen molar-refractivity contribution in [1.82, 2.24) is 5.32 Å². The molecule has 2 rings (SSSR count). The van der Waals surface area contributed by atoms with Gasteiger partial charge in [-0.3, -0.25) is 0 Å². The van der Waals surface area contributed by atoms with Crippen LogP contribution >= 0.6 is 0 Å². The smallest absolute Gasteiger partial charge is 0.407 e. The van der Waals surface area contributed by atoms with Crippen LogP contribution in [0.1, 0.15) is 23.6 Å². The number of cyclic esters (lactones) is 1. The molecule has 1 aliphatic heterocycles. The van der Waals surface area contributed by atoms with E-state index in [2.05, 4.69) is 5.32 Å². The minimum Gasteiger partial charge on any atom is -0.508 e. The second-order valence-corrected chi connectivity index (χ2v) is 3.68. The Bertz CT molecular complexity index is 389. The number of phenolic OH excluding ortho intramolecular Hbond substituents is 1. The summed E-state index contributed by atoms with van der Waals surface area (Å²) in [5.74, 6) is 0.224. The van der Waals surface area contributed by atoms with Crippen LogP contribution in [0.15, 0.2) is 18.2 Å². The van der Waals surface area contributed by atoms with E-state index >= 15 is 0 Å². The Morgan fingerprint density at radius 3 is 3.00 bits per heavy atom. The van der Waals surface area contributed by atoms with Gasteiger partial charge in [-0.15, -0.1) is 0 Å². The van der Waals surface area contributed by atoms with Gasteiger partial charge >= 0.3 is 6.09 Å². The largest absolute Gasteiger partial charge is 0.508 e. The summed E-state index contributed by atoms with van der Waals surface area (Å²) in [7, 11) is 0. The average Bonchev–Trinajstić information content (AvgIpc) is 2.17. The average molecular weight is 207 g/mol. The third-order valence-electron chi connectivity index (χ3n) is 2.49. The molecular formula is C11H13NO3. The van der Waals surface area contributed by atoms with E-state index in [0.717, 1.165) is 11.1 Å². The van der Waals surface area contributed by atoms with Crippen molar-refractivity contribution in [1.29, 1.82) is 0 Å². The molecule has 4 heteroatoms. The molecule has 4 nitrogen and oxygen atoms in total. The molecule has 0 saturated carbocycles. The quantitative estimate of drug-likeness (QED) is 0.739. The summed E-state index contributed by atoms with van der Waals surface area (Å²) >= 11 is 0. The van der Waals surface area contributed by atoms with E-state index in [1.54, 1.807) is 6.07 Å². The van der Waals surface area contributed by atoms with Gasteiger partial charge in [-0.25, -0.2) is 4.79 Å². The van der Waals surface area contributed by atoms with E-state index in [9.17, 15) is 9.90 Å². The fourth-order valence-corrected chi connectivity index (χ4v) is 1.71. The number of phenols is 1. The number of benzene rings is 1. The topological polar surface area (TPSA) is 58.6 Å². The number of alkyl carbamates (subject to hydrolysis) is 1. The third kappa shape index (κ3) is 2.03. The highest BCUT2D eigenvalue weighted by Gasteiger charge is 2.22. The minimum atomic E-state index is -0.425. The van der Waals surface area contributed by atoms with Crippen LogP contribution < -0.4 is 5.32 Å². The molecule has 1 aromatic carbocycles. The monoisotopic (exact) mass is 207 g/mol. The number of ether oxygens (including phenoxy) is 1. The number of amides is 1. The highest BCUT2D eigenvalue weighted by atomic mass is 16.5. The highest BCUT2D eigenvalue weighted by molar-refractivity contribution is 5.69. The number of hydrogen-bond donors (Lipinski definition) is 2. The Hall–Kier alpha value is -1.71. The van der Waals surface area contributed by atoms with Gasteiger partial charge in [0.25, 0.3) is 0 Å². The summed E-state index contributed by atoms with van der Waals surface area (Å²) in [6.07, 6.45) is 0.258. The SMILES string of the molecule is Cc1ccc([C@H]2CCOC(=O)N2)c(O)c1. The van der Waals surface area contributed by atoms with Crippen LogP contribution in [0.2, 0.25) is 0 Å². The molecule has 1 atom stereocenters. The lowest BCUT2D eigenvalue weighted by molar-refractivity contribution is 0.115. The lowest BCUT2D eigenvalue weighted by Crippen LogP contribution is -2.35. The Kier molecular flexibility index (Phi) is 2.49. The first-order chi connectivity index (χ1) is 7.16. The summed E-state index contributed by atoms with van der Waals surface area (Å²) in [4.78, 5) is 11.0. The van der Waals surface area contributed by atoms with Crippen molar-refractivity contribution in [3.05, 3.63) is 29.3 Å². The number of rotatable bonds is 1. The van der Waals surface area contributed by atoms with Crippen molar-refractivity contribution in [2.75, 3.05) is 6.61 Å². The molecule has 15 heavy (non-hydrogen) atoms. The number of hydrogen-bond acceptors (Lipinski definition) is 3. The Morgan fingerprint density at radius 2 is 2.33 bits per heavy atom. The molecule has 2 N–H and O–H groups in total. The fraction of sp³-hybridized carbons (Fsp3) is 0.364. The van der Waals surface area contributed by atoms with Gasteiger partial charge < -0.3 is 15.2 Å². The van der Waals surface area contributed by atoms with Gasteiger partial charge in [0.15, 0.2) is 0 Å². The molecule has 0 aromatic heterocycles. The summed E-state index contributed by atoms with van der Waals surface area (Å²) in [5.41, 5.74) is 1.74. The van der Waals surface area contributed by atoms with Crippen molar-refractivity contribution in [2.24, 2.45) is 0 Å². The molecule has 1 aromatic rings. The normalized spacial score (nSPS) is 20.6. The van der Waals surface area contributed by atoms with Crippen LogP contribution in [0.5, 0.6) is 5.75 Å². The zero-order chi connectivity index (χ0) is 10.8. The molecule has 1 amide bonds. The lowest BCUT2D eigenvalue weighted by Gasteiger charge is -2.24. The molecule has 1 heterocycles. The van der Waals surface area contributed by atoms with E-state index in [-0.39, 0.29) is 11.8 Å². The lowest BCUT2D eigenvalue weighted by atomic mass is 10.0. The van der Waals surface area contributed by atoms with Crippen LogP contribution in [-0.2, 0) is 4.74 Å². The van der Waals surface area contributed by atoms with Crippen LogP contribution in [0.25, 0.3) is 0 Å². The Labute approximate surface area is 87.9 Å². The molecule has 1 fully saturated rings. The Morgan fingerprint density at radius 1 is 1.53 bits per heavy atom. The summed E-state index contributed by atoms with van der Waals surface area (Å²) in [5, 5.41) is 12.4. The van der Waals surface area contributed by atoms with Crippen molar-refractivity contribution in [3.63, 3.8) is 0 Å². The third-order valence-corrected chi connectivity index (χ3v) is 2.49. The first-order valence-corrected chi connectivity index (χ1v) is 4.89. The van der Waals surface area contributed by atoms with Crippen molar-refractivity contribution in [3.8, 4) is 5.75 Å².